The number of hydrogen-bond acceptors (Lipinski definition) is 5. The summed E-state index contributed by atoms with van der Waals surface area (Å²) in [6.07, 6.45) is 3.35. The van der Waals surface area contributed by atoms with Crippen molar-refractivity contribution in [3.8, 4) is 0 Å². The van der Waals surface area contributed by atoms with Gasteiger partial charge in [0.05, 0.1) is 0 Å². The van der Waals surface area contributed by atoms with Crippen LogP contribution in [0.2, 0.25) is 0 Å². The molecule has 0 spiro atoms. The maximum absolute atomic E-state index is 4.44. The molecule has 2 aromatic heterocycles. The fraction of sp³-hybridized carbons (Fsp3) is 0. The van der Waals surface area contributed by atoms with E-state index in [0.29, 0.717) is 17.2 Å². The van der Waals surface area contributed by atoms with Crippen LogP contribution in [0.4, 0.5) is 5.82 Å². The van der Waals surface area contributed by atoms with Crippen molar-refractivity contribution in [3.63, 3.8) is 0 Å². The van der Waals surface area contributed by atoms with Gasteiger partial charge in [0.25, 0.3) is 0 Å². The van der Waals surface area contributed by atoms with Crippen LogP contribution in [0, 0.1) is 0 Å². The van der Waals surface area contributed by atoms with Gasteiger partial charge in [0, 0.05) is 18.0 Å². The van der Waals surface area contributed by atoms with E-state index in [1.54, 1.807) is 12.4 Å². The summed E-state index contributed by atoms with van der Waals surface area (Å²) in [5, 5.41) is 12.5. The number of aromatic nitrogens is 3. The molecule has 102 valence electrons. The molecule has 1 N–H and O–H groups in total. The molecular weight excluding hydrogens is 262 g/mol. The van der Waals surface area contributed by atoms with Crippen molar-refractivity contribution in [2.75, 3.05) is 5.43 Å². The third-order valence-corrected chi connectivity index (χ3v) is 2.81. The quantitative estimate of drug-likeness (QED) is 0.587. The highest BCUT2D eigenvalue weighted by atomic mass is 15.3. The van der Waals surface area contributed by atoms with Gasteiger partial charge in [-0.05, 0) is 24.3 Å². The van der Waals surface area contributed by atoms with E-state index in [1.807, 2.05) is 60.7 Å². The molecule has 0 amide bonds. The van der Waals surface area contributed by atoms with E-state index in [-0.39, 0.29) is 0 Å². The summed E-state index contributed by atoms with van der Waals surface area (Å²) in [6.45, 7) is 0. The maximum atomic E-state index is 4.44. The Morgan fingerprint density at radius 1 is 0.857 bits per heavy atom. The molecule has 21 heavy (non-hydrogen) atoms. The van der Waals surface area contributed by atoms with Crippen molar-refractivity contribution in [1.82, 2.24) is 15.2 Å². The molecule has 0 aliphatic rings. The molecule has 2 heterocycles. The van der Waals surface area contributed by atoms with Crippen LogP contribution in [-0.4, -0.2) is 20.9 Å². The van der Waals surface area contributed by atoms with E-state index in [9.17, 15) is 0 Å². The van der Waals surface area contributed by atoms with E-state index in [1.165, 1.54) is 0 Å². The van der Waals surface area contributed by atoms with Gasteiger partial charge in [-0.1, -0.05) is 36.4 Å². The predicted molar refractivity (Wildman–Crippen MR) is 82.0 cm³/mol. The van der Waals surface area contributed by atoms with Crippen molar-refractivity contribution in [2.24, 2.45) is 5.10 Å². The van der Waals surface area contributed by atoms with E-state index < -0.39 is 0 Å². The summed E-state index contributed by atoms with van der Waals surface area (Å²) in [7, 11) is 0. The van der Waals surface area contributed by atoms with Crippen LogP contribution in [0.5, 0.6) is 0 Å². The number of pyridine rings is 1. The van der Waals surface area contributed by atoms with Crippen molar-refractivity contribution < 1.29 is 0 Å². The Kier molecular flexibility index (Phi) is 3.93. The highest BCUT2D eigenvalue weighted by Crippen LogP contribution is 2.09. The summed E-state index contributed by atoms with van der Waals surface area (Å²) >= 11 is 0. The molecule has 1 aromatic carbocycles. The molecule has 3 rings (SSSR count). The molecule has 0 unspecified atom stereocenters. The van der Waals surface area contributed by atoms with E-state index in [4.69, 9.17) is 0 Å². The number of rotatable bonds is 4. The van der Waals surface area contributed by atoms with Gasteiger partial charge in [-0.2, -0.15) is 10.2 Å². The van der Waals surface area contributed by atoms with Crippen LogP contribution in [0.1, 0.15) is 11.3 Å². The first-order valence-electron chi connectivity index (χ1n) is 6.52. The fourth-order valence-electron chi connectivity index (χ4n) is 1.84. The minimum atomic E-state index is 0.676. The molecule has 0 radical (unpaired) electrons. The highest BCUT2D eigenvalue weighted by molar-refractivity contribution is 6.11. The zero-order valence-corrected chi connectivity index (χ0v) is 11.2. The number of nitrogens with zero attached hydrogens (tertiary/aromatic N) is 4. The second-order valence-corrected chi connectivity index (χ2v) is 4.26. The zero-order valence-electron chi connectivity index (χ0n) is 11.2. The van der Waals surface area contributed by atoms with E-state index in [2.05, 4.69) is 25.7 Å². The van der Waals surface area contributed by atoms with Gasteiger partial charge in [0.2, 0.25) is 0 Å². The molecule has 0 atom stereocenters. The van der Waals surface area contributed by atoms with E-state index in [0.717, 1.165) is 5.56 Å². The van der Waals surface area contributed by atoms with Crippen molar-refractivity contribution in [2.45, 2.75) is 0 Å². The maximum Gasteiger partial charge on any atom is 0.146 e. The first-order chi connectivity index (χ1) is 10.4. The lowest BCUT2D eigenvalue weighted by Gasteiger charge is -2.06. The molecule has 0 aliphatic carbocycles. The van der Waals surface area contributed by atoms with Crippen LogP contribution in [0.15, 0.2) is 78.2 Å². The average molecular weight is 275 g/mol. The van der Waals surface area contributed by atoms with Gasteiger partial charge < -0.3 is 0 Å². The Morgan fingerprint density at radius 3 is 2.43 bits per heavy atom. The van der Waals surface area contributed by atoms with Gasteiger partial charge in [0.1, 0.15) is 17.2 Å². The van der Waals surface area contributed by atoms with Crippen molar-refractivity contribution in [1.29, 1.82) is 0 Å². The van der Waals surface area contributed by atoms with Crippen LogP contribution in [-0.2, 0) is 0 Å². The lowest BCUT2D eigenvalue weighted by molar-refractivity contribution is 1.01. The Morgan fingerprint density at radius 2 is 1.71 bits per heavy atom. The first kappa shape index (κ1) is 12.9. The molecular formula is C16H13N5. The van der Waals surface area contributed by atoms with Gasteiger partial charge >= 0.3 is 0 Å². The summed E-state index contributed by atoms with van der Waals surface area (Å²) in [5.41, 5.74) is 5.33. The molecule has 0 saturated carbocycles. The summed E-state index contributed by atoms with van der Waals surface area (Å²) in [6, 6.07) is 19.2. The minimum Gasteiger partial charge on any atom is -0.261 e. The minimum absolute atomic E-state index is 0.676. The Labute approximate surface area is 122 Å². The molecule has 5 nitrogen and oxygen atoms in total. The number of nitrogens with one attached hydrogen (secondary N) is 1. The number of benzene rings is 1. The monoisotopic (exact) mass is 275 g/mol. The summed E-state index contributed by atoms with van der Waals surface area (Å²) in [4.78, 5) is 4.18. The normalized spacial score (nSPS) is 11.1. The smallest absolute Gasteiger partial charge is 0.146 e. The topological polar surface area (TPSA) is 63.1 Å². The Bertz CT molecular complexity index is 670. The van der Waals surface area contributed by atoms with E-state index >= 15 is 0 Å². The average Bonchev–Trinajstić information content (AvgIpc) is 2.58. The molecule has 3 aromatic rings. The van der Waals surface area contributed by atoms with Crippen molar-refractivity contribution >= 4 is 11.5 Å². The molecule has 0 saturated heterocycles. The Hall–Kier alpha value is -3.08. The summed E-state index contributed by atoms with van der Waals surface area (Å²) in [5.74, 6) is 0.676. The van der Waals surface area contributed by atoms with Gasteiger partial charge in [-0.15, -0.1) is 5.10 Å². The molecule has 0 bridgehead atoms. The fourth-order valence-corrected chi connectivity index (χ4v) is 1.84. The number of hydrogen-bond donors (Lipinski definition) is 1. The largest absolute Gasteiger partial charge is 0.261 e. The highest BCUT2D eigenvalue weighted by Gasteiger charge is 2.08. The Balaban J connectivity index is 1.97. The van der Waals surface area contributed by atoms with Gasteiger partial charge in [-0.3, -0.25) is 5.43 Å². The van der Waals surface area contributed by atoms with Gasteiger partial charge in [0.15, 0.2) is 0 Å². The van der Waals surface area contributed by atoms with Crippen LogP contribution >= 0.6 is 0 Å². The SMILES string of the molecule is c1ccc(C(=NNc2ccccn2)c2cccnn2)cc1. The van der Waals surface area contributed by atoms with Crippen molar-refractivity contribution in [3.05, 3.63) is 84.3 Å². The predicted octanol–water partition coefficient (Wildman–Crippen LogP) is 2.74. The van der Waals surface area contributed by atoms with Crippen LogP contribution in [0.3, 0.4) is 0 Å². The third kappa shape index (κ3) is 3.27. The standard InChI is InChI=1S/C16H13N5/c1-2-7-13(8-3-1)16(14-9-6-12-18-19-14)21-20-15-10-4-5-11-17-15/h1-12H,(H,17,20). The second kappa shape index (κ2) is 6.38. The number of hydrazone groups is 1. The van der Waals surface area contributed by atoms with Gasteiger partial charge in [-0.25, -0.2) is 4.98 Å². The third-order valence-electron chi connectivity index (χ3n) is 2.81. The lowest BCUT2D eigenvalue weighted by Crippen LogP contribution is -2.09. The molecule has 0 aliphatic heterocycles. The molecule has 5 heteroatoms. The van der Waals surface area contributed by atoms with Crippen LogP contribution < -0.4 is 5.43 Å². The van der Waals surface area contributed by atoms with Crippen LogP contribution in [0.25, 0.3) is 0 Å². The number of anilines is 1. The summed E-state index contributed by atoms with van der Waals surface area (Å²) < 4.78 is 0. The first-order valence-corrected chi connectivity index (χ1v) is 6.52. The lowest BCUT2D eigenvalue weighted by atomic mass is 10.1. The zero-order chi connectivity index (χ0) is 14.3. The second-order valence-electron chi connectivity index (χ2n) is 4.26. The molecule has 0 fully saturated rings.